The van der Waals surface area contributed by atoms with E-state index in [1.54, 1.807) is 4.72 Å². The molecule has 1 aromatic carbocycles. The van der Waals surface area contributed by atoms with Gasteiger partial charge in [-0.1, -0.05) is 6.08 Å². The second-order valence-corrected chi connectivity index (χ2v) is 5.25. The van der Waals surface area contributed by atoms with Crippen LogP contribution in [0.4, 0.5) is 10.5 Å². The molecule has 1 N–H and O–H groups in total. The van der Waals surface area contributed by atoms with Crippen LogP contribution < -0.4 is 4.72 Å². The van der Waals surface area contributed by atoms with E-state index in [1.165, 1.54) is 6.08 Å². The van der Waals surface area contributed by atoms with Crippen LogP contribution in [0.25, 0.3) is 0 Å². The van der Waals surface area contributed by atoms with E-state index < -0.39 is 21.0 Å². The molecule has 0 spiro atoms. The van der Waals surface area contributed by atoms with E-state index in [4.69, 9.17) is 0 Å². The van der Waals surface area contributed by atoms with Gasteiger partial charge in [0, 0.05) is 12.1 Å². The van der Waals surface area contributed by atoms with Crippen LogP contribution in [0.1, 0.15) is 6.42 Å². The van der Waals surface area contributed by atoms with E-state index in [2.05, 4.69) is 11.3 Å². The number of sulfonamides is 1. The van der Waals surface area contributed by atoms with Gasteiger partial charge in [0.2, 0.25) is 0 Å². The largest absolute Gasteiger partial charge is 0.449 e. The highest BCUT2D eigenvalue weighted by Gasteiger charge is 2.19. The molecule has 0 radical (unpaired) electrons. The summed E-state index contributed by atoms with van der Waals surface area (Å²) < 4.78 is 29.8. The third kappa shape index (κ3) is 4.35. The van der Waals surface area contributed by atoms with Crippen LogP contribution in [-0.2, 0) is 14.8 Å². The smallest absolute Gasteiger partial charge is 0.421 e. The van der Waals surface area contributed by atoms with Crippen LogP contribution in [0, 0.1) is 10.1 Å². The van der Waals surface area contributed by atoms with E-state index >= 15 is 0 Å². The first-order chi connectivity index (χ1) is 9.36. The summed E-state index contributed by atoms with van der Waals surface area (Å²) in [7, 11) is -4.11. The van der Waals surface area contributed by atoms with Gasteiger partial charge in [0.15, 0.2) is 0 Å². The SMILES string of the molecule is C=CCCOC(=O)NS(=O)(=O)c1ccc([N+](=O)[O-])cc1. The van der Waals surface area contributed by atoms with E-state index in [9.17, 15) is 23.3 Å². The number of nitro benzene ring substituents is 1. The number of rotatable bonds is 6. The molecule has 0 heterocycles. The lowest BCUT2D eigenvalue weighted by Crippen LogP contribution is -2.31. The number of nitrogens with zero attached hydrogens (tertiary/aromatic N) is 1. The van der Waals surface area contributed by atoms with Gasteiger partial charge in [0.05, 0.1) is 16.4 Å². The first-order valence-electron chi connectivity index (χ1n) is 5.42. The number of hydrogen-bond donors (Lipinski definition) is 1. The van der Waals surface area contributed by atoms with E-state index in [0.717, 1.165) is 24.3 Å². The van der Waals surface area contributed by atoms with E-state index in [1.807, 2.05) is 0 Å². The zero-order valence-electron chi connectivity index (χ0n) is 10.3. The molecule has 0 bridgehead atoms. The molecule has 0 aromatic heterocycles. The number of carbonyl (C=O) groups is 1. The molecule has 0 aliphatic rings. The summed E-state index contributed by atoms with van der Waals surface area (Å²) in [6.45, 7) is 3.42. The number of nitrogens with one attached hydrogen (secondary N) is 1. The number of nitro groups is 1. The molecular weight excluding hydrogens is 288 g/mol. The van der Waals surface area contributed by atoms with Gasteiger partial charge in [-0.05, 0) is 18.6 Å². The van der Waals surface area contributed by atoms with Gasteiger partial charge in [0.25, 0.3) is 15.7 Å². The minimum atomic E-state index is -4.11. The lowest BCUT2D eigenvalue weighted by molar-refractivity contribution is -0.384. The lowest BCUT2D eigenvalue weighted by atomic mass is 10.3. The van der Waals surface area contributed by atoms with Crippen molar-refractivity contribution in [3.8, 4) is 0 Å². The number of non-ortho nitro benzene ring substituents is 1. The Hall–Kier alpha value is -2.42. The van der Waals surface area contributed by atoms with Crippen LogP contribution in [0.5, 0.6) is 0 Å². The van der Waals surface area contributed by atoms with Crippen LogP contribution in [0.15, 0.2) is 41.8 Å². The molecule has 20 heavy (non-hydrogen) atoms. The minimum Gasteiger partial charge on any atom is -0.449 e. The second-order valence-electron chi connectivity index (χ2n) is 3.57. The average molecular weight is 300 g/mol. The molecule has 0 aliphatic carbocycles. The van der Waals surface area contributed by atoms with Crippen molar-refractivity contribution >= 4 is 21.8 Å². The van der Waals surface area contributed by atoms with Gasteiger partial charge in [0.1, 0.15) is 0 Å². The zero-order chi connectivity index (χ0) is 15.2. The number of ether oxygens (including phenoxy) is 1. The highest BCUT2D eigenvalue weighted by Crippen LogP contribution is 2.15. The lowest BCUT2D eigenvalue weighted by Gasteiger charge is -2.07. The molecule has 1 amide bonds. The van der Waals surface area contributed by atoms with Crippen LogP contribution >= 0.6 is 0 Å². The third-order valence-corrected chi connectivity index (χ3v) is 3.46. The molecule has 0 fully saturated rings. The maximum atomic E-state index is 11.8. The first kappa shape index (κ1) is 15.6. The summed E-state index contributed by atoms with van der Waals surface area (Å²) >= 11 is 0. The number of carbonyl (C=O) groups excluding carboxylic acids is 1. The van der Waals surface area contributed by atoms with Crippen molar-refractivity contribution in [3.63, 3.8) is 0 Å². The van der Waals surface area contributed by atoms with E-state index in [0.29, 0.717) is 6.42 Å². The highest BCUT2D eigenvalue weighted by atomic mass is 32.2. The summed E-state index contributed by atoms with van der Waals surface area (Å²) in [5.41, 5.74) is -0.252. The zero-order valence-corrected chi connectivity index (χ0v) is 11.1. The highest BCUT2D eigenvalue weighted by molar-refractivity contribution is 7.90. The Morgan fingerprint density at radius 2 is 2.00 bits per heavy atom. The molecule has 9 heteroatoms. The summed E-state index contributed by atoms with van der Waals surface area (Å²) in [6.07, 6.45) is 0.786. The predicted molar refractivity (Wildman–Crippen MR) is 69.6 cm³/mol. The second kappa shape index (κ2) is 6.66. The molecule has 8 nitrogen and oxygen atoms in total. The van der Waals surface area contributed by atoms with Gasteiger partial charge in [-0.2, -0.15) is 0 Å². The fraction of sp³-hybridized carbons (Fsp3) is 0.182. The summed E-state index contributed by atoms with van der Waals surface area (Å²) in [6, 6.07) is 4.10. The molecule has 0 unspecified atom stereocenters. The van der Waals surface area contributed by atoms with Crippen molar-refractivity contribution in [1.29, 1.82) is 0 Å². The molecule has 0 saturated carbocycles. The third-order valence-electron chi connectivity index (χ3n) is 2.13. The van der Waals surface area contributed by atoms with Gasteiger partial charge in [-0.25, -0.2) is 17.9 Å². The Labute approximate surface area is 115 Å². The Kier molecular flexibility index (Phi) is 5.21. The van der Waals surface area contributed by atoms with Crippen molar-refractivity contribution in [1.82, 2.24) is 4.72 Å². The molecule has 0 aliphatic heterocycles. The molecule has 0 atom stereocenters. The van der Waals surface area contributed by atoms with Crippen molar-refractivity contribution in [2.24, 2.45) is 0 Å². The maximum Gasteiger partial charge on any atom is 0.421 e. The predicted octanol–water partition coefficient (Wildman–Crippen LogP) is 1.59. The van der Waals surface area contributed by atoms with Gasteiger partial charge >= 0.3 is 6.09 Å². The van der Waals surface area contributed by atoms with Crippen molar-refractivity contribution in [3.05, 3.63) is 47.0 Å². The number of benzene rings is 1. The summed E-state index contributed by atoms with van der Waals surface area (Å²) in [5, 5.41) is 10.4. The monoisotopic (exact) mass is 300 g/mol. The topological polar surface area (TPSA) is 116 Å². The Morgan fingerprint density at radius 3 is 2.50 bits per heavy atom. The molecule has 0 saturated heterocycles. The number of amides is 1. The van der Waals surface area contributed by atoms with Gasteiger partial charge in [-0.3, -0.25) is 10.1 Å². The maximum absolute atomic E-state index is 11.8. The number of hydrogen-bond acceptors (Lipinski definition) is 6. The van der Waals surface area contributed by atoms with Crippen molar-refractivity contribution in [2.45, 2.75) is 11.3 Å². The molecule has 108 valence electrons. The molecular formula is C11H12N2O6S. The van der Waals surface area contributed by atoms with Crippen molar-refractivity contribution in [2.75, 3.05) is 6.61 Å². The van der Waals surface area contributed by atoms with Crippen LogP contribution in [-0.4, -0.2) is 26.0 Å². The fourth-order valence-corrected chi connectivity index (χ4v) is 2.07. The van der Waals surface area contributed by atoms with Crippen molar-refractivity contribution < 1.29 is 22.9 Å². The molecule has 1 rings (SSSR count). The Morgan fingerprint density at radius 1 is 1.40 bits per heavy atom. The van der Waals surface area contributed by atoms with Crippen LogP contribution in [0.2, 0.25) is 0 Å². The van der Waals surface area contributed by atoms with Gasteiger partial charge in [-0.15, -0.1) is 6.58 Å². The fourth-order valence-electron chi connectivity index (χ4n) is 1.18. The quantitative estimate of drug-likeness (QED) is 0.369. The Bertz CT molecular complexity index is 608. The normalized spacial score (nSPS) is 10.6. The molecule has 1 aromatic rings. The van der Waals surface area contributed by atoms with E-state index in [-0.39, 0.29) is 17.2 Å². The minimum absolute atomic E-state index is 0.00507. The first-order valence-corrected chi connectivity index (χ1v) is 6.90. The summed E-state index contributed by atoms with van der Waals surface area (Å²) in [5.74, 6) is 0. The van der Waals surface area contributed by atoms with Gasteiger partial charge < -0.3 is 4.74 Å². The Balaban J connectivity index is 2.75. The standard InChI is InChI=1S/C11H12N2O6S/c1-2-3-8-19-11(14)12-20(17,18)10-6-4-9(5-7-10)13(15)16/h2,4-7H,1,3,8H2,(H,12,14). The van der Waals surface area contributed by atoms with Crippen LogP contribution in [0.3, 0.4) is 0 Å². The summed E-state index contributed by atoms with van der Waals surface area (Å²) in [4.78, 5) is 20.7. The average Bonchev–Trinajstić information content (AvgIpc) is 2.38.